The first kappa shape index (κ1) is 21.5. The lowest BCUT2D eigenvalue weighted by molar-refractivity contribution is -0.0209. The first-order valence-electron chi connectivity index (χ1n) is 9.19. The SMILES string of the molecule is COc1cc([C@@H]2CN(C)CCO2)ccc1-c1cc(Nc2cnc(C#N)cn2)n[nH]1.Cl. The molecule has 156 valence electrons. The maximum absolute atomic E-state index is 8.80. The number of nitrogens with one attached hydrogen (secondary N) is 2. The molecule has 1 fully saturated rings. The van der Waals surface area contributed by atoms with E-state index in [0.717, 1.165) is 42.3 Å². The number of methoxy groups -OCH3 is 1. The highest BCUT2D eigenvalue weighted by atomic mass is 35.5. The Kier molecular flexibility index (Phi) is 6.84. The van der Waals surface area contributed by atoms with Crippen molar-refractivity contribution >= 4 is 24.0 Å². The van der Waals surface area contributed by atoms with Crippen molar-refractivity contribution in [2.75, 3.05) is 39.2 Å². The summed E-state index contributed by atoms with van der Waals surface area (Å²) in [7, 11) is 3.75. The van der Waals surface area contributed by atoms with Crippen LogP contribution in [-0.2, 0) is 4.74 Å². The van der Waals surface area contributed by atoms with Crippen LogP contribution in [0.1, 0.15) is 17.4 Å². The molecule has 2 aromatic heterocycles. The normalized spacial score (nSPS) is 16.4. The summed E-state index contributed by atoms with van der Waals surface area (Å²) in [4.78, 5) is 10.4. The number of nitriles is 1. The quantitative estimate of drug-likeness (QED) is 0.639. The molecule has 0 spiro atoms. The molecule has 0 unspecified atom stereocenters. The van der Waals surface area contributed by atoms with Gasteiger partial charge in [-0.3, -0.25) is 5.10 Å². The van der Waals surface area contributed by atoms with Gasteiger partial charge in [0.15, 0.2) is 11.5 Å². The zero-order valence-electron chi connectivity index (χ0n) is 16.6. The van der Waals surface area contributed by atoms with Crippen LogP contribution in [0, 0.1) is 11.3 Å². The lowest BCUT2D eigenvalue weighted by Gasteiger charge is -2.30. The van der Waals surface area contributed by atoms with Crippen LogP contribution < -0.4 is 10.1 Å². The van der Waals surface area contributed by atoms with Crippen LogP contribution >= 0.6 is 12.4 Å². The highest BCUT2D eigenvalue weighted by molar-refractivity contribution is 5.85. The second kappa shape index (κ2) is 9.54. The van der Waals surface area contributed by atoms with Crippen LogP contribution in [0.25, 0.3) is 11.3 Å². The summed E-state index contributed by atoms with van der Waals surface area (Å²) in [6.07, 6.45) is 2.93. The summed E-state index contributed by atoms with van der Waals surface area (Å²) in [5.41, 5.74) is 3.05. The number of hydrogen-bond donors (Lipinski definition) is 2. The Balaban J connectivity index is 0.00000256. The molecule has 3 heterocycles. The molecule has 1 saturated heterocycles. The van der Waals surface area contributed by atoms with Crippen molar-refractivity contribution in [1.29, 1.82) is 5.26 Å². The van der Waals surface area contributed by atoms with Gasteiger partial charge in [0.05, 0.1) is 37.9 Å². The van der Waals surface area contributed by atoms with Crippen molar-refractivity contribution in [2.45, 2.75) is 6.10 Å². The van der Waals surface area contributed by atoms with Gasteiger partial charge in [-0.15, -0.1) is 12.4 Å². The molecule has 0 radical (unpaired) electrons. The Hall–Kier alpha value is -3.19. The van der Waals surface area contributed by atoms with Crippen LogP contribution in [0.4, 0.5) is 11.6 Å². The Morgan fingerprint density at radius 2 is 2.13 bits per heavy atom. The first-order valence-corrected chi connectivity index (χ1v) is 9.19. The Bertz CT molecular complexity index is 1030. The van der Waals surface area contributed by atoms with E-state index in [4.69, 9.17) is 14.7 Å². The Labute approximate surface area is 180 Å². The maximum atomic E-state index is 8.80. The van der Waals surface area contributed by atoms with E-state index in [1.807, 2.05) is 24.3 Å². The molecule has 1 aliphatic heterocycles. The number of rotatable bonds is 5. The molecular weight excluding hydrogens is 406 g/mol. The number of halogens is 1. The van der Waals surface area contributed by atoms with Crippen molar-refractivity contribution in [3.8, 4) is 23.1 Å². The summed E-state index contributed by atoms with van der Waals surface area (Å²) in [5.74, 6) is 1.83. The number of H-pyrrole nitrogens is 1. The number of anilines is 2. The average molecular weight is 428 g/mol. The number of aromatic nitrogens is 4. The van der Waals surface area contributed by atoms with Crippen LogP contribution in [0.2, 0.25) is 0 Å². The zero-order valence-corrected chi connectivity index (χ0v) is 17.4. The topological polar surface area (TPSA) is 112 Å². The van der Waals surface area contributed by atoms with Gasteiger partial charge < -0.3 is 19.7 Å². The number of morpholine rings is 1. The Morgan fingerprint density at radius 1 is 1.27 bits per heavy atom. The van der Waals surface area contributed by atoms with Gasteiger partial charge >= 0.3 is 0 Å². The average Bonchev–Trinajstić information content (AvgIpc) is 3.22. The number of benzene rings is 1. The van der Waals surface area contributed by atoms with E-state index in [-0.39, 0.29) is 24.2 Å². The smallest absolute Gasteiger partial charge is 0.158 e. The van der Waals surface area contributed by atoms with Crippen molar-refractivity contribution < 1.29 is 9.47 Å². The van der Waals surface area contributed by atoms with Crippen LogP contribution in [-0.4, -0.2) is 58.9 Å². The molecule has 0 bridgehead atoms. The standard InChI is InChI=1S/C20H21N7O2.ClH/c1-27-5-6-29-18(12-27)13-3-4-15(17(7-13)28-2)16-8-19(26-25-16)24-20-11-22-14(9-21)10-23-20;/h3-4,7-8,10-11,18H,5-6,12H2,1-2H3,(H2,23,24,25,26);1H/t18-;/m0./s1. The fourth-order valence-electron chi connectivity index (χ4n) is 3.22. The van der Waals surface area contributed by atoms with Crippen molar-refractivity contribution in [3.05, 3.63) is 47.9 Å². The lowest BCUT2D eigenvalue weighted by atomic mass is 10.0. The zero-order chi connectivity index (χ0) is 20.2. The van der Waals surface area contributed by atoms with Crippen LogP contribution in [0.15, 0.2) is 36.7 Å². The Morgan fingerprint density at radius 3 is 2.83 bits per heavy atom. The second-order valence-corrected chi connectivity index (χ2v) is 6.77. The predicted octanol–water partition coefficient (Wildman–Crippen LogP) is 2.92. The van der Waals surface area contributed by atoms with E-state index in [2.05, 4.69) is 43.5 Å². The third kappa shape index (κ3) is 4.68. The number of nitrogens with zero attached hydrogens (tertiary/aromatic N) is 5. The number of hydrogen-bond acceptors (Lipinski definition) is 8. The molecule has 9 nitrogen and oxygen atoms in total. The molecule has 1 aromatic carbocycles. The summed E-state index contributed by atoms with van der Waals surface area (Å²) in [6, 6.07) is 9.88. The summed E-state index contributed by atoms with van der Waals surface area (Å²) in [5, 5.41) is 19.1. The molecular formula is C20H22ClN7O2. The highest BCUT2D eigenvalue weighted by Crippen LogP contribution is 2.34. The molecule has 10 heteroatoms. The third-order valence-corrected chi connectivity index (χ3v) is 4.76. The number of aromatic amines is 1. The maximum Gasteiger partial charge on any atom is 0.158 e. The van der Waals surface area contributed by atoms with E-state index in [1.54, 1.807) is 7.11 Å². The molecule has 2 N–H and O–H groups in total. The molecule has 30 heavy (non-hydrogen) atoms. The monoisotopic (exact) mass is 427 g/mol. The summed E-state index contributed by atoms with van der Waals surface area (Å²) in [6.45, 7) is 2.52. The minimum Gasteiger partial charge on any atom is -0.496 e. The largest absolute Gasteiger partial charge is 0.496 e. The molecule has 1 atom stereocenters. The van der Waals surface area contributed by atoms with Gasteiger partial charge in [0.25, 0.3) is 0 Å². The second-order valence-electron chi connectivity index (χ2n) is 6.77. The highest BCUT2D eigenvalue weighted by Gasteiger charge is 2.21. The summed E-state index contributed by atoms with van der Waals surface area (Å²) >= 11 is 0. The van der Waals surface area contributed by atoms with Gasteiger partial charge in [0.2, 0.25) is 0 Å². The third-order valence-electron chi connectivity index (χ3n) is 4.76. The van der Waals surface area contributed by atoms with E-state index in [1.165, 1.54) is 12.4 Å². The molecule has 4 rings (SSSR count). The van der Waals surface area contributed by atoms with E-state index in [0.29, 0.717) is 11.6 Å². The fourth-order valence-corrected chi connectivity index (χ4v) is 3.22. The predicted molar refractivity (Wildman–Crippen MR) is 114 cm³/mol. The van der Waals surface area contributed by atoms with Gasteiger partial charge in [0, 0.05) is 24.7 Å². The van der Waals surface area contributed by atoms with E-state index in [9.17, 15) is 0 Å². The van der Waals surface area contributed by atoms with Gasteiger partial charge in [-0.2, -0.15) is 10.4 Å². The first-order chi connectivity index (χ1) is 14.2. The van der Waals surface area contributed by atoms with Gasteiger partial charge in [-0.1, -0.05) is 6.07 Å². The minimum absolute atomic E-state index is 0. The van der Waals surface area contributed by atoms with E-state index >= 15 is 0 Å². The van der Waals surface area contributed by atoms with Crippen LogP contribution in [0.3, 0.4) is 0 Å². The van der Waals surface area contributed by atoms with Crippen molar-refractivity contribution in [1.82, 2.24) is 25.1 Å². The summed E-state index contributed by atoms with van der Waals surface area (Å²) < 4.78 is 11.5. The molecule has 0 saturated carbocycles. The molecule has 0 aliphatic carbocycles. The van der Waals surface area contributed by atoms with Gasteiger partial charge in [-0.05, 0) is 24.7 Å². The van der Waals surface area contributed by atoms with Crippen molar-refractivity contribution in [3.63, 3.8) is 0 Å². The fraction of sp³-hybridized carbons (Fsp3) is 0.300. The lowest BCUT2D eigenvalue weighted by Crippen LogP contribution is -2.35. The molecule has 1 aliphatic rings. The minimum atomic E-state index is 0. The molecule has 3 aromatic rings. The van der Waals surface area contributed by atoms with Crippen molar-refractivity contribution in [2.24, 2.45) is 0 Å². The van der Waals surface area contributed by atoms with Crippen LogP contribution in [0.5, 0.6) is 5.75 Å². The van der Waals surface area contributed by atoms with Gasteiger partial charge in [0.1, 0.15) is 17.6 Å². The number of ether oxygens (including phenoxy) is 2. The van der Waals surface area contributed by atoms with E-state index < -0.39 is 0 Å². The van der Waals surface area contributed by atoms with Gasteiger partial charge in [-0.25, -0.2) is 9.97 Å². The number of likely N-dealkylation sites (N-methyl/N-ethyl adjacent to an activating group) is 1. The molecule has 0 amide bonds.